The van der Waals surface area contributed by atoms with Gasteiger partial charge in [0.1, 0.15) is 11.6 Å². The molecule has 34 heavy (non-hydrogen) atoms. The van der Waals surface area contributed by atoms with Crippen LogP contribution < -0.4 is 26.0 Å². The Balaban J connectivity index is 1.86. The molecule has 3 rings (SSSR count). The number of anilines is 5. The van der Waals surface area contributed by atoms with E-state index in [1.54, 1.807) is 14.2 Å². The van der Waals surface area contributed by atoms with Crippen molar-refractivity contribution in [3.8, 4) is 5.75 Å². The number of hydrogen-bond acceptors (Lipinski definition) is 10. The maximum absolute atomic E-state index is 6.40. The highest BCUT2D eigenvalue weighted by atomic mass is 16.5. The molecule has 1 aromatic carbocycles. The van der Waals surface area contributed by atoms with E-state index in [4.69, 9.17) is 24.9 Å². The summed E-state index contributed by atoms with van der Waals surface area (Å²) in [5, 5.41) is 6.63. The van der Waals surface area contributed by atoms with E-state index in [2.05, 4.69) is 31.5 Å². The first-order valence-corrected chi connectivity index (χ1v) is 11.4. The number of nitrogen functional groups attached to an aromatic ring is 1. The lowest BCUT2D eigenvalue weighted by Crippen LogP contribution is -2.29. The SMILES string of the molecule is COCCNc1nc(Nc2cc(N)c(N(C)CCN(C)C)cc2OC)ncc1C1=CCOCC1. The molecule has 0 atom stereocenters. The number of likely N-dealkylation sites (N-methyl/N-ethyl adjacent to an activating group) is 2. The van der Waals surface area contributed by atoms with Gasteiger partial charge in [-0.3, -0.25) is 0 Å². The molecule has 10 heteroatoms. The van der Waals surface area contributed by atoms with E-state index in [-0.39, 0.29) is 0 Å². The third kappa shape index (κ3) is 6.72. The van der Waals surface area contributed by atoms with Crippen LogP contribution in [0.2, 0.25) is 0 Å². The Kier molecular flexibility index (Phi) is 9.32. The van der Waals surface area contributed by atoms with Crippen LogP contribution in [0, 0.1) is 0 Å². The van der Waals surface area contributed by atoms with Crippen LogP contribution in [0.25, 0.3) is 5.57 Å². The largest absolute Gasteiger partial charge is 0.494 e. The molecule has 0 saturated heterocycles. The van der Waals surface area contributed by atoms with E-state index in [9.17, 15) is 0 Å². The minimum Gasteiger partial charge on any atom is -0.494 e. The second-order valence-electron chi connectivity index (χ2n) is 8.39. The summed E-state index contributed by atoms with van der Waals surface area (Å²) in [5.74, 6) is 1.85. The quantitative estimate of drug-likeness (QED) is 0.316. The normalized spacial score (nSPS) is 13.5. The van der Waals surface area contributed by atoms with Gasteiger partial charge in [-0.05, 0) is 32.2 Å². The van der Waals surface area contributed by atoms with Gasteiger partial charge in [0.25, 0.3) is 0 Å². The maximum Gasteiger partial charge on any atom is 0.229 e. The fraction of sp³-hybridized carbons (Fsp3) is 0.500. The summed E-state index contributed by atoms with van der Waals surface area (Å²) >= 11 is 0. The van der Waals surface area contributed by atoms with Gasteiger partial charge >= 0.3 is 0 Å². The number of rotatable bonds is 12. The lowest BCUT2D eigenvalue weighted by molar-refractivity contribution is 0.161. The van der Waals surface area contributed by atoms with Gasteiger partial charge < -0.3 is 40.4 Å². The van der Waals surface area contributed by atoms with Crippen molar-refractivity contribution < 1.29 is 14.2 Å². The highest BCUT2D eigenvalue weighted by Crippen LogP contribution is 2.36. The molecular formula is C24H37N7O3. The van der Waals surface area contributed by atoms with E-state index in [1.807, 2.05) is 39.5 Å². The molecule has 1 aliphatic heterocycles. The Bertz CT molecular complexity index is 981. The molecular weight excluding hydrogens is 434 g/mol. The summed E-state index contributed by atoms with van der Waals surface area (Å²) in [4.78, 5) is 13.6. The van der Waals surface area contributed by atoms with Crippen LogP contribution in [-0.4, -0.2) is 89.7 Å². The van der Waals surface area contributed by atoms with Crippen molar-refractivity contribution in [2.24, 2.45) is 0 Å². The highest BCUT2D eigenvalue weighted by Gasteiger charge is 2.17. The Hall–Kier alpha value is -3.08. The number of hydrogen-bond donors (Lipinski definition) is 3. The molecule has 0 fully saturated rings. The number of aromatic nitrogens is 2. The van der Waals surface area contributed by atoms with Crippen molar-refractivity contribution in [2.45, 2.75) is 6.42 Å². The highest BCUT2D eigenvalue weighted by molar-refractivity contribution is 5.80. The average molecular weight is 472 g/mol. The molecule has 4 N–H and O–H groups in total. The number of nitrogens with two attached hydrogens (primary N) is 1. The summed E-state index contributed by atoms with van der Waals surface area (Å²) in [6.45, 7) is 4.25. The summed E-state index contributed by atoms with van der Waals surface area (Å²) in [6.07, 6.45) is 4.73. The van der Waals surface area contributed by atoms with E-state index in [0.717, 1.165) is 36.6 Å². The fourth-order valence-electron chi connectivity index (χ4n) is 3.63. The van der Waals surface area contributed by atoms with Gasteiger partial charge in [-0.1, -0.05) is 6.08 Å². The predicted molar refractivity (Wildman–Crippen MR) is 138 cm³/mol. The van der Waals surface area contributed by atoms with E-state index >= 15 is 0 Å². The second kappa shape index (κ2) is 12.4. The first-order valence-electron chi connectivity index (χ1n) is 11.4. The van der Waals surface area contributed by atoms with Crippen molar-refractivity contribution >= 4 is 34.4 Å². The smallest absolute Gasteiger partial charge is 0.229 e. The lowest BCUT2D eigenvalue weighted by atomic mass is 10.0. The zero-order valence-electron chi connectivity index (χ0n) is 20.9. The average Bonchev–Trinajstić information content (AvgIpc) is 2.83. The maximum atomic E-state index is 6.40. The first kappa shape index (κ1) is 25.5. The van der Waals surface area contributed by atoms with Gasteiger partial charge in [-0.25, -0.2) is 4.98 Å². The van der Waals surface area contributed by atoms with E-state index < -0.39 is 0 Å². The minimum absolute atomic E-state index is 0.447. The van der Waals surface area contributed by atoms with Gasteiger partial charge in [0.15, 0.2) is 0 Å². The summed E-state index contributed by atoms with van der Waals surface area (Å²) in [7, 11) is 9.43. The molecule has 0 saturated carbocycles. The predicted octanol–water partition coefficient (Wildman–Crippen LogP) is 2.67. The number of ether oxygens (including phenoxy) is 3. The van der Waals surface area contributed by atoms with Crippen molar-refractivity contribution in [3.63, 3.8) is 0 Å². The Morgan fingerprint density at radius 2 is 2.00 bits per heavy atom. The lowest BCUT2D eigenvalue weighted by Gasteiger charge is -2.24. The third-order valence-electron chi connectivity index (χ3n) is 5.59. The first-order chi connectivity index (χ1) is 16.4. The molecule has 2 aromatic rings. The molecule has 186 valence electrons. The van der Waals surface area contributed by atoms with Crippen LogP contribution in [0.3, 0.4) is 0 Å². The molecule has 0 amide bonds. The molecule has 2 heterocycles. The van der Waals surface area contributed by atoms with Crippen LogP contribution in [0.1, 0.15) is 12.0 Å². The molecule has 0 bridgehead atoms. The number of nitrogens with zero attached hydrogens (tertiary/aromatic N) is 4. The van der Waals surface area contributed by atoms with Crippen LogP contribution >= 0.6 is 0 Å². The van der Waals surface area contributed by atoms with Gasteiger partial charge in [0.05, 0.1) is 44.0 Å². The molecule has 0 spiro atoms. The second-order valence-corrected chi connectivity index (χ2v) is 8.39. The number of benzene rings is 1. The van der Waals surface area contributed by atoms with Crippen molar-refractivity contribution in [3.05, 3.63) is 30.0 Å². The third-order valence-corrected chi connectivity index (χ3v) is 5.59. The Morgan fingerprint density at radius 1 is 1.18 bits per heavy atom. The molecule has 0 unspecified atom stereocenters. The van der Waals surface area contributed by atoms with Crippen molar-refractivity contribution in [1.82, 2.24) is 14.9 Å². The molecule has 0 radical (unpaired) electrons. The number of nitrogens with one attached hydrogen (secondary N) is 2. The summed E-state index contributed by atoms with van der Waals surface area (Å²) < 4.78 is 16.3. The van der Waals surface area contributed by atoms with E-state index in [1.165, 1.54) is 5.57 Å². The zero-order chi connectivity index (χ0) is 24.5. The fourth-order valence-corrected chi connectivity index (χ4v) is 3.63. The van der Waals surface area contributed by atoms with Crippen LogP contribution in [0.4, 0.5) is 28.8 Å². The summed E-state index contributed by atoms with van der Waals surface area (Å²) in [6, 6.07) is 3.79. The zero-order valence-corrected chi connectivity index (χ0v) is 20.9. The number of methoxy groups -OCH3 is 2. The van der Waals surface area contributed by atoms with Crippen LogP contribution in [0.15, 0.2) is 24.4 Å². The molecule has 10 nitrogen and oxygen atoms in total. The standard InChI is InChI=1S/C24H37N7O3/c1-30(2)9-10-31(3)21-15-22(33-5)20(14-19(21)25)28-24-27-16-18(17-6-11-34-12-7-17)23(29-24)26-8-13-32-4/h6,14-16H,7-13,25H2,1-5H3,(H2,26,27,28,29). The van der Waals surface area contributed by atoms with Gasteiger partial charge in [-0.15, -0.1) is 0 Å². The van der Waals surface area contributed by atoms with Crippen LogP contribution in [0.5, 0.6) is 5.75 Å². The van der Waals surface area contributed by atoms with Gasteiger partial charge in [0.2, 0.25) is 5.95 Å². The van der Waals surface area contributed by atoms with Gasteiger partial charge in [0, 0.05) is 51.6 Å². The minimum atomic E-state index is 0.447. The molecule has 1 aromatic heterocycles. The Labute approximate surface area is 202 Å². The molecule has 0 aliphatic carbocycles. The monoisotopic (exact) mass is 471 g/mol. The van der Waals surface area contributed by atoms with Crippen molar-refractivity contribution in [1.29, 1.82) is 0 Å². The topological polar surface area (TPSA) is 110 Å². The van der Waals surface area contributed by atoms with Crippen LogP contribution in [-0.2, 0) is 9.47 Å². The van der Waals surface area contributed by atoms with E-state index in [0.29, 0.717) is 49.4 Å². The van der Waals surface area contributed by atoms with Crippen molar-refractivity contribution in [2.75, 3.05) is 96.1 Å². The van der Waals surface area contributed by atoms with Gasteiger partial charge in [-0.2, -0.15) is 4.98 Å². The summed E-state index contributed by atoms with van der Waals surface area (Å²) in [5.41, 5.74) is 10.8. The molecule has 1 aliphatic rings. The Morgan fingerprint density at radius 3 is 2.68 bits per heavy atom.